The van der Waals surface area contributed by atoms with Crippen molar-refractivity contribution in [1.82, 2.24) is 4.90 Å². The first kappa shape index (κ1) is 18.7. The molecule has 2 atom stereocenters. The van der Waals surface area contributed by atoms with Crippen LogP contribution in [0.3, 0.4) is 0 Å². The zero-order valence-corrected chi connectivity index (χ0v) is 15.0. The van der Waals surface area contributed by atoms with Crippen molar-refractivity contribution in [2.45, 2.75) is 33.2 Å². The number of carbonyl (C=O) groups excluding carboxylic acids is 1. The molecule has 1 aliphatic rings. The molecular formula is C17H25ClN3O3+. The fraction of sp³-hybridized carbons (Fsp3) is 0.588. The highest BCUT2D eigenvalue weighted by Crippen LogP contribution is 2.22. The Kier molecular flexibility index (Phi) is 6.57. The van der Waals surface area contributed by atoms with E-state index in [1.807, 2.05) is 18.7 Å². The van der Waals surface area contributed by atoms with Gasteiger partial charge in [0.05, 0.1) is 29.5 Å². The van der Waals surface area contributed by atoms with Crippen LogP contribution >= 0.6 is 11.6 Å². The number of nitro benzene ring substituents is 1. The number of benzene rings is 1. The zero-order chi connectivity index (χ0) is 17.7. The Hall–Kier alpha value is -1.66. The van der Waals surface area contributed by atoms with Crippen molar-refractivity contribution >= 4 is 23.2 Å². The van der Waals surface area contributed by atoms with Gasteiger partial charge in [-0.05, 0) is 38.8 Å². The quantitative estimate of drug-likeness (QED) is 0.626. The number of halogens is 1. The molecule has 1 aromatic carbocycles. The van der Waals surface area contributed by atoms with E-state index in [0.29, 0.717) is 17.1 Å². The number of rotatable bonds is 6. The lowest BCUT2D eigenvalue weighted by molar-refractivity contribution is -0.921. The maximum absolute atomic E-state index is 12.6. The van der Waals surface area contributed by atoms with Gasteiger partial charge in [-0.25, -0.2) is 0 Å². The number of carbonyl (C=O) groups is 1. The van der Waals surface area contributed by atoms with Gasteiger partial charge in [0.1, 0.15) is 6.54 Å². The highest BCUT2D eigenvalue weighted by Gasteiger charge is 2.32. The Morgan fingerprint density at radius 2 is 2.12 bits per heavy atom. The molecule has 1 aromatic rings. The summed E-state index contributed by atoms with van der Waals surface area (Å²) < 4.78 is 0. The van der Waals surface area contributed by atoms with Crippen LogP contribution in [-0.4, -0.2) is 41.9 Å². The highest BCUT2D eigenvalue weighted by atomic mass is 35.5. The van der Waals surface area contributed by atoms with Crippen molar-refractivity contribution in [3.05, 3.63) is 38.9 Å². The van der Waals surface area contributed by atoms with E-state index < -0.39 is 0 Å². The molecule has 1 N–H and O–H groups in total. The second-order valence-corrected chi connectivity index (χ2v) is 6.70. The van der Waals surface area contributed by atoms with Crippen molar-refractivity contribution in [2.75, 3.05) is 26.2 Å². The second-order valence-electron chi connectivity index (χ2n) is 6.26. The lowest BCUT2D eigenvalue weighted by atomic mass is 9.96. The topological polar surface area (TPSA) is 67.9 Å². The van der Waals surface area contributed by atoms with E-state index in [9.17, 15) is 14.9 Å². The van der Waals surface area contributed by atoms with Crippen molar-refractivity contribution in [2.24, 2.45) is 5.92 Å². The van der Waals surface area contributed by atoms with Crippen LogP contribution < -0.4 is 4.90 Å². The fourth-order valence-corrected chi connectivity index (χ4v) is 3.65. The summed E-state index contributed by atoms with van der Waals surface area (Å²) in [4.78, 5) is 26.5. The smallest absolute Gasteiger partial charge is 0.278 e. The van der Waals surface area contributed by atoms with E-state index in [2.05, 4.69) is 0 Å². The lowest BCUT2D eigenvalue weighted by Gasteiger charge is -2.32. The maximum atomic E-state index is 12.6. The number of likely N-dealkylation sites (tertiary alicyclic amines) is 1. The van der Waals surface area contributed by atoms with E-state index in [1.54, 1.807) is 12.1 Å². The SMILES string of the molecule is CCN(CC)C(=O)[C@H]1CCC[NH+](Cc2cc(Cl)ccc2[N+](=O)[O-])C1. The molecule has 1 fully saturated rings. The van der Waals surface area contributed by atoms with Gasteiger partial charge in [0.25, 0.3) is 5.69 Å². The van der Waals surface area contributed by atoms with E-state index in [-0.39, 0.29) is 22.4 Å². The van der Waals surface area contributed by atoms with Crippen LogP contribution in [0.4, 0.5) is 5.69 Å². The summed E-state index contributed by atoms with van der Waals surface area (Å²) in [6.45, 7) is 7.60. The fourth-order valence-electron chi connectivity index (χ4n) is 3.46. The molecule has 0 spiro atoms. The molecule has 0 bridgehead atoms. The predicted octanol–water partition coefficient (Wildman–Crippen LogP) is 1.91. The third-order valence-corrected chi connectivity index (χ3v) is 4.96. The van der Waals surface area contributed by atoms with Gasteiger partial charge in [-0.15, -0.1) is 0 Å². The van der Waals surface area contributed by atoms with Gasteiger partial charge in [0.2, 0.25) is 5.91 Å². The average Bonchev–Trinajstić information content (AvgIpc) is 2.56. The van der Waals surface area contributed by atoms with E-state index in [0.717, 1.165) is 39.0 Å². The molecule has 1 aliphatic heterocycles. The van der Waals surface area contributed by atoms with Crippen LogP contribution in [0.1, 0.15) is 32.3 Å². The van der Waals surface area contributed by atoms with Gasteiger partial charge in [0, 0.05) is 24.2 Å². The van der Waals surface area contributed by atoms with Crippen LogP contribution in [0.15, 0.2) is 18.2 Å². The van der Waals surface area contributed by atoms with Gasteiger partial charge >= 0.3 is 0 Å². The summed E-state index contributed by atoms with van der Waals surface area (Å²) in [5.41, 5.74) is 0.738. The maximum Gasteiger partial charge on any atom is 0.278 e. The molecule has 1 unspecified atom stereocenters. The summed E-state index contributed by atoms with van der Waals surface area (Å²) >= 11 is 6.00. The van der Waals surface area contributed by atoms with Crippen LogP contribution in [0.25, 0.3) is 0 Å². The Morgan fingerprint density at radius 1 is 1.42 bits per heavy atom. The summed E-state index contributed by atoms with van der Waals surface area (Å²) in [6.07, 6.45) is 1.86. The molecule has 7 heteroatoms. The Morgan fingerprint density at radius 3 is 2.75 bits per heavy atom. The Labute approximate surface area is 147 Å². The van der Waals surface area contributed by atoms with Gasteiger partial charge < -0.3 is 9.80 Å². The number of nitro groups is 1. The van der Waals surface area contributed by atoms with Crippen molar-refractivity contribution in [3.8, 4) is 0 Å². The number of hydrogen-bond donors (Lipinski definition) is 1. The summed E-state index contributed by atoms with van der Waals surface area (Å²) in [6, 6.07) is 4.67. The van der Waals surface area contributed by atoms with Crippen LogP contribution in [0.5, 0.6) is 0 Å². The van der Waals surface area contributed by atoms with Crippen molar-refractivity contribution in [3.63, 3.8) is 0 Å². The minimum Gasteiger partial charge on any atom is -0.343 e. The summed E-state index contributed by atoms with van der Waals surface area (Å²) in [7, 11) is 0. The number of quaternary nitrogens is 1. The van der Waals surface area contributed by atoms with Gasteiger partial charge in [-0.1, -0.05) is 11.6 Å². The molecule has 24 heavy (non-hydrogen) atoms. The molecule has 0 aromatic heterocycles. The van der Waals surface area contributed by atoms with E-state index >= 15 is 0 Å². The minimum atomic E-state index is -0.367. The standard InChI is InChI=1S/C17H24ClN3O3/c1-3-20(4-2)17(22)13-6-5-9-19(11-13)12-14-10-15(18)7-8-16(14)21(23)24/h7-8,10,13H,3-6,9,11-12H2,1-2H3/p+1/t13-/m0/s1. The van der Waals surface area contributed by atoms with Crippen LogP contribution in [-0.2, 0) is 11.3 Å². The number of amides is 1. The molecule has 2 rings (SSSR count). The van der Waals surface area contributed by atoms with Gasteiger partial charge in [-0.2, -0.15) is 0 Å². The average molecular weight is 355 g/mol. The second kappa shape index (κ2) is 8.44. The van der Waals surface area contributed by atoms with Crippen LogP contribution in [0.2, 0.25) is 5.02 Å². The third kappa shape index (κ3) is 4.45. The Balaban J connectivity index is 2.10. The highest BCUT2D eigenvalue weighted by molar-refractivity contribution is 6.30. The lowest BCUT2D eigenvalue weighted by Crippen LogP contribution is -3.12. The normalized spacial score (nSPS) is 20.6. The van der Waals surface area contributed by atoms with Gasteiger partial charge in [0.15, 0.2) is 0 Å². The van der Waals surface area contributed by atoms with Crippen molar-refractivity contribution < 1.29 is 14.6 Å². The third-order valence-electron chi connectivity index (χ3n) is 4.72. The molecule has 1 heterocycles. The van der Waals surface area contributed by atoms with E-state index in [4.69, 9.17) is 11.6 Å². The van der Waals surface area contributed by atoms with Gasteiger partial charge in [-0.3, -0.25) is 14.9 Å². The summed E-state index contributed by atoms with van der Waals surface area (Å²) in [5, 5.41) is 11.7. The number of piperidine rings is 1. The number of nitrogens with one attached hydrogen (secondary N) is 1. The molecule has 0 saturated carbocycles. The molecule has 132 valence electrons. The van der Waals surface area contributed by atoms with E-state index in [1.165, 1.54) is 11.0 Å². The summed E-state index contributed by atoms with van der Waals surface area (Å²) in [5.74, 6) is 0.213. The minimum absolute atomic E-state index is 0.00638. The van der Waals surface area contributed by atoms with Crippen LogP contribution in [0, 0.1) is 16.0 Å². The first-order valence-electron chi connectivity index (χ1n) is 8.51. The largest absolute Gasteiger partial charge is 0.343 e. The van der Waals surface area contributed by atoms with Crippen molar-refractivity contribution in [1.29, 1.82) is 0 Å². The molecule has 6 nitrogen and oxygen atoms in total. The number of hydrogen-bond acceptors (Lipinski definition) is 3. The Bertz CT molecular complexity index is 605. The molecule has 0 radical (unpaired) electrons. The molecule has 1 saturated heterocycles. The first-order valence-corrected chi connectivity index (χ1v) is 8.89. The molecule has 1 amide bonds. The molecule has 0 aliphatic carbocycles. The first-order chi connectivity index (χ1) is 11.5. The zero-order valence-electron chi connectivity index (χ0n) is 14.3. The predicted molar refractivity (Wildman–Crippen MR) is 93.2 cm³/mol. The number of nitrogens with zero attached hydrogens (tertiary/aromatic N) is 2. The molecular weight excluding hydrogens is 330 g/mol. The monoisotopic (exact) mass is 354 g/mol.